The number of amides is 1. The first-order valence-corrected chi connectivity index (χ1v) is 4.74. The third kappa shape index (κ3) is 3.36. The first-order valence-electron chi connectivity index (χ1n) is 4.74. The van der Waals surface area contributed by atoms with Crippen molar-refractivity contribution in [3.8, 4) is 0 Å². The van der Waals surface area contributed by atoms with Gasteiger partial charge in [-0.15, -0.1) is 0 Å². The number of aliphatic carboxylic acids is 1. The Morgan fingerprint density at radius 2 is 1.64 bits per heavy atom. The molecule has 0 heterocycles. The lowest BCUT2D eigenvalue weighted by Crippen LogP contribution is -2.51. The SMILES string of the molecule is CC(C)[C@@H](C)C(=O)NC(C)(C)C(=O)O. The topological polar surface area (TPSA) is 66.4 Å². The molecule has 0 spiro atoms. The average Bonchev–Trinajstić information content (AvgIpc) is 2.01. The molecule has 0 unspecified atom stereocenters. The van der Waals surface area contributed by atoms with Crippen molar-refractivity contribution < 1.29 is 14.7 Å². The first kappa shape index (κ1) is 12.9. The first-order chi connectivity index (χ1) is 6.18. The standard InChI is InChI=1S/C10H19NO3/c1-6(2)7(3)8(12)11-10(4,5)9(13)14/h6-7H,1-5H3,(H,11,12)(H,13,14)/t7-/m1/s1. The smallest absolute Gasteiger partial charge is 0.328 e. The number of carboxylic acid groups (broad SMARTS) is 1. The van der Waals surface area contributed by atoms with E-state index in [-0.39, 0.29) is 17.7 Å². The van der Waals surface area contributed by atoms with Crippen LogP contribution in [0.2, 0.25) is 0 Å². The van der Waals surface area contributed by atoms with E-state index in [0.717, 1.165) is 0 Å². The van der Waals surface area contributed by atoms with Crippen molar-refractivity contribution in [2.75, 3.05) is 0 Å². The molecule has 14 heavy (non-hydrogen) atoms. The lowest BCUT2D eigenvalue weighted by molar-refractivity contribution is -0.146. The minimum Gasteiger partial charge on any atom is -0.480 e. The molecule has 0 aliphatic rings. The van der Waals surface area contributed by atoms with Crippen molar-refractivity contribution in [1.29, 1.82) is 0 Å². The van der Waals surface area contributed by atoms with E-state index in [1.54, 1.807) is 6.92 Å². The quantitative estimate of drug-likeness (QED) is 0.719. The summed E-state index contributed by atoms with van der Waals surface area (Å²) in [7, 11) is 0. The summed E-state index contributed by atoms with van der Waals surface area (Å²) in [5.74, 6) is -1.21. The van der Waals surface area contributed by atoms with Gasteiger partial charge in [-0.25, -0.2) is 4.79 Å². The fraction of sp³-hybridized carbons (Fsp3) is 0.800. The molecule has 1 amide bonds. The molecular formula is C10H19NO3. The van der Waals surface area contributed by atoms with Crippen molar-refractivity contribution in [3.63, 3.8) is 0 Å². The van der Waals surface area contributed by atoms with Gasteiger partial charge in [0, 0.05) is 5.92 Å². The molecule has 0 radical (unpaired) electrons. The molecule has 0 saturated carbocycles. The van der Waals surface area contributed by atoms with Gasteiger partial charge in [0.25, 0.3) is 0 Å². The summed E-state index contributed by atoms with van der Waals surface area (Å²) in [6.45, 7) is 8.59. The van der Waals surface area contributed by atoms with Gasteiger partial charge in [-0.05, 0) is 19.8 Å². The van der Waals surface area contributed by atoms with Crippen LogP contribution in [-0.4, -0.2) is 22.5 Å². The molecule has 0 aliphatic heterocycles. The van der Waals surface area contributed by atoms with Crippen LogP contribution in [0.3, 0.4) is 0 Å². The van der Waals surface area contributed by atoms with Gasteiger partial charge >= 0.3 is 5.97 Å². The lowest BCUT2D eigenvalue weighted by atomic mass is 9.95. The molecule has 0 aromatic carbocycles. The number of carbonyl (C=O) groups excluding carboxylic acids is 1. The van der Waals surface area contributed by atoms with Gasteiger partial charge in [-0.3, -0.25) is 4.79 Å². The Morgan fingerprint density at radius 3 is 1.93 bits per heavy atom. The maximum Gasteiger partial charge on any atom is 0.328 e. The number of hydrogen-bond donors (Lipinski definition) is 2. The largest absolute Gasteiger partial charge is 0.480 e. The van der Waals surface area contributed by atoms with Crippen LogP contribution in [0.15, 0.2) is 0 Å². The van der Waals surface area contributed by atoms with Gasteiger partial charge in [0.2, 0.25) is 5.91 Å². The highest BCUT2D eigenvalue weighted by Crippen LogP contribution is 2.12. The number of carboxylic acids is 1. The lowest BCUT2D eigenvalue weighted by Gasteiger charge is -2.24. The zero-order valence-corrected chi connectivity index (χ0v) is 9.42. The molecule has 4 nitrogen and oxygen atoms in total. The maximum atomic E-state index is 11.5. The molecule has 0 aromatic heterocycles. The van der Waals surface area contributed by atoms with Gasteiger partial charge in [0.15, 0.2) is 0 Å². The average molecular weight is 201 g/mol. The Bertz CT molecular complexity index is 234. The second-order valence-corrected chi connectivity index (χ2v) is 4.45. The molecule has 0 aromatic rings. The second kappa shape index (κ2) is 4.44. The van der Waals surface area contributed by atoms with Crippen LogP contribution in [0.5, 0.6) is 0 Å². The molecule has 0 bridgehead atoms. The molecule has 2 N–H and O–H groups in total. The van der Waals surface area contributed by atoms with Crippen LogP contribution in [0.1, 0.15) is 34.6 Å². The van der Waals surface area contributed by atoms with E-state index in [0.29, 0.717) is 0 Å². The Morgan fingerprint density at radius 1 is 1.21 bits per heavy atom. The summed E-state index contributed by atoms with van der Waals surface area (Å²) in [5.41, 5.74) is -1.19. The van der Waals surface area contributed by atoms with E-state index in [1.807, 2.05) is 13.8 Å². The van der Waals surface area contributed by atoms with E-state index in [4.69, 9.17) is 5.11 Å². The van der Waals surface area contributed by atoms with Gasteiger partial charge in [0.1, 0.15) is 5.54 Å². The van der Waals surface area contributed by atoms with Crippen molar-refractivity contribution in [2.24, 2.45) is 11.8 Å². The van der Waals surface area contributed by atoms with E-state index in [9.17, 15) is 9.59 Å². The van der Waals surface area contributed by atoms with Crippen LogP contribution in [0, 0.1) is 11.8 Å². The van der Waals surface area contributed by atoms with Crippen LogP contribution < -0.4 is 5.32 Å². The van der Waals surface area contributed by atoms with Crippen LogP contribution >= 0.6 is 0 Å². The van der Waals surface area contributed by atoms with Crippen molar-refractivity contribution in [3.05, 3.63) is 0 Å². The van der Waals surface area contributed by atoms with Crippen LogP contribution in [-0.2, 0) is 9.59 Å². The monoisotopic (exact) mass is 201 g/mol. The summed E-state index contributed by atoms with van der Waals surface area (Å²) in [5, 5.41) is 11.3. The summed E-state index contributed by atoms with van der Waals surface area (Å²) in [4.78, 5) is 22.3. The third-order valence-corrected chi connectivity index (χ3v) is 2.38. The van der Waals surface area contributed by atoms with E-state index in [1.165, 1.54) is 13.8 Å². The van der Waals surface area contributed by atoms with Gasteiger partial charge in [-0.1, -0.05) is 20.8 Å². The molecule has 0 fully saturated rings. The molecule has 4 heteroatoms. The van der Waals surface area contributed by atoms with E-state index >= 15 is 0 Å². The van der Waals surface area contributed by atoms with Crippen LogP contribution in [0.4, 0.5) is 0 Å². The molecular weight excluding hydrogens is 182 g/mol. The fourth-order valence-corrected chi connectivity index (χ4v) is 0.778. The van der Waals surface area contributed by atoms with Crippen molar-refractivity contribution >= 4 is 11.9 Å². The van der Waals surface area contributed by atoms with Crippen molar-refractivity contribution in [1.82, 2.24) is 5.32 Å². The van der Waals surface area contributed by atoms with Crippen molar-refractivity contribution in [2.45, 2.75) is 40.2 Å². The molecule has 0 rings (SSSR count). The highest BCUT2D eigenvalue weighted by Gasteiger charge is 2.31. The summed E-state index contributed by atoms with van der Waals surface area (Å²) in [6.07, 6.45) is 0. The normalized spacial score (nSPS) is 13.9. The Kier molecular flexibility index (Phi) is 4.10. The third-order valence-electron chi connectivity index (χ3n) is 2.38. The molecule has 0 aliphatic carbocycles. The predicted molar refractivity (Wildman–Crippen MR) is 53.9 cm³/mol. The number of carbonyl (C=O) groups is 2. The molecule has 82 valence electrons. The minimum absolute atomic E-state index is 0.173. The van der Waals surface area contributed by atoms with Gasteiger partial charge in [0.05, 0.1) is 0 Å². The minimum atomic E-state index is -1.19. The maximum absolute atomic E-state index is 11.5. The predicted octanol–water partition coefficient (Wildman–Crippen LogP) is 1.26. The number of rotatable bonds is 4. The van der Waals surface area contributed by atoms with E-state index in [2.05, 4.69) is 5.32 Å². The highest BCUT2D eigenvalue weighted by atomic mass is 16.4. The Hall–Kier alpha value is -1.06. The number of hydrogen-bond acceptors (Lipinski definition) is 2. The van der Waals surface area contributed by atoms with Crippen LogP contribution in [0.25, 0.3) is 0 Å². The number of nitrogens with one attached hydrogen (secondary N) is 1. The zero-order chi connectivity index (χ0) is 11.5. The second-order valence-electron chi connectivity index (χ2n) is 4.45. The fourth-order valence-electron chi connectivity index (χ4n) is 0.778. The Balaban J connectivity index is 4.40. The summed E-state index contributed by atoms with van der Waals surface area (Å²) < 4.78 is 0. The summed E-state index contributed by atoms with van der Waals surface area (Å²) >= 11 is 0. The highest BCUT2D eigenvalue weighted by molar-refractivity contribution is 5.87. The van der Waals surface area contributed by atoms with E-state index < -0.39 is 11.5 Å². The zero-order valence-electron chi connectivity index (χ0n) is 9.42. The van der Waals surface area contributed by atoms with Gasteiger partial charge in [-0.2, -0.15) is 0 Å². The molecule has 1 atom stereocenters. The molecule has 0 saturated heterocycles. The Labute approximate surface area is 84.7 Å². The summed E-state index contributed by atoms with van der Waals surface area (Å²) in [6, 6.07) is 0. The van der Waals surface area contributed by atoms with Gasteiger partial charge < -0.3 is 10.4 Å².